The van der Waals surface area contributed by atoms with Gasteiger partial charge in [-0.2, -0.15) is 0 Å². The van der Waals surface area contributed by atoms with Crippen molar-refractivity contribution in [1.29, 1.82) is 0 Å². The Morgan fingerprint density at radius 3 is 2.50 bits per heavy atom. The molecule has 0 saturated carbocycles. The van der Waals surface area contributed by atoms with Crippen LogP contribution in [0.1, 0.15) is 22.8 Å². The molecule has 3 heteroatoms. The number of nitrogens with zero attached hydrogens (tertiary/aromatic N) is 1. The molecular formula is C17H20N2O. The SMILES string of the molecule is CC(=O)c1cc(N(C)CCc2ccccc2)ccc1N. The van der Waals surface area contributed by atoms with Gasteiger partial charge in [0.25, 0.3) is 0 Å². The highest BCUT2D eigenvalue weighted by Gasteiger charge is 2.08. The number of ketones is 1. The van der Waals surface area contributed by atoms with Gasteiger partial charge < -0.3 is 10.6 Å². The number of nitrogens with two attached hydrogens (primary N) is 1. The highest BCUT2D eigenvalue weighted by molar-refractivity contribution is 6.00. The summed E-state index contributed by atoms with van der Waals surface area (Å²) in [7, 11) is 2.03. The fourth-order valence-electron chi connectivity index (χ4n) is 2.16. The molecule has 2 aromatic rings. The maximum absolute atomic E-state index is 11.5. The van der Waals surface area contributed by atoms with E-state index in [9.17, 15) is 4.79 Å². The molecule has 104 valence electrons. The number of hydrogen-bond acceptors (Lipinski definition) is 3. The van der Waals surface area contributed by atoms with Crippen LogP contribution in [-0.4, -0.2) is 19.4 Å². The zero-order valence-corrected chi connectivity index (χ0v) is 12.0. The van der Waals surface area contributed by atoms with E-state index in [1.807, 2.05) is 37.4 Å². The summed E-state index contributed by atoms with van der Waals surface area (Å²) in [4.78, 5) is 13.7. The number of benzene rings is 2. The van der Waals surface area contributed by atoms with Crippen molar-refractivity contribution in [2.45, 2.75) is 13.3 Å². The highest BCUT2D eigenvalue weighted by atomic mass is 16.1. The van der Waals surface area contributed by atoms with Crippen LogP contribution < -0.4 is 10.6 Å². The van der Waals surface area contributed by atoms with Crippen LogP contribution in [0.25, 0.3) is 0 Å². The summed E-state index contributed by atoms with van der Waals surface area (Å²) in [6.45, 7) is 2.44. The van der Waals surface area contributed by atoms with Gasteiger partial charge in [-0.25, -0.2) is 0 Å². The average Bonchev–Trinajstić information content (AvgIpc) is 2.46. The van der Waals surface area contributed by atoms with Crippen molar-refractivity contribution in [3.05, 3.63) is 59.7 Å². The van der Waals surface area contributed by atoms with E-state index in [0.717, 1.165) is 18.7 Å². The standard InChI is InChI=1S/C17H20N2O/c1-13(20)16-12-15(8-9-17(16)18)19(2)11-10-14-6-4-3-5-7-14/h3-9,12H,10-11,18H2,1-2H3. The number of carbonyl (C=O) groups excluding carboxylic acids is 1. The van der Waals surface area contributed by atoms with E-state index >= 15 is 0 Å². The van der Waals surface area contributed by atoms with E-state index in [1.165, 1.54) is 5.56 Å². The third-order valence-corrected chi connectivity index (χ3v) is 3.44. The van der Waals surface area contributed by atoms with Gasteiger partial charge >= 0.3 is 0 Å². The Balaban J connectivity index is 2.07. The van der Waals surface area contributed by atoms with E-state index < -0.39 is 0 Å². The van der Waals surface area contributed by atoms with Gasteiger partial charge in [-0.05, 0) is 37.1 Å². The predicted molar refractivity (Wildman–Crippen MR) is 84.3 cm³/mol. The molecule has 0 bridgehead atoms. The van der Waals surface area contributed by atoms with Gasteiger partial charge in [-0.1, -0.05) is 30.3 Å². The third-order valence-electron chi connectivity index (χ3n) is 3.44. The van der Waals surface area contributed by atoms with Crippen molar-refractivity contribution in [2.75, 3.05) is 24.2 Å². The van der Waals surface area contributed by atoms with E-state index in [4.69, 9.17) is 5.73 Å². The van der Waals surface area contributed by atoms with E-state index in [0.29, 0.717) is 11.3 Å². The first kappa shape index (κ1) is 14.1. The minimum atomic E-state index is 0.000749. The first-order valence-electron chi connectivity index (χ1n) is 6.73. The smallest absolute Gasteiger partial charge is 0.161 e. The Bertz CT molecular complexity index is 593. The van der Waals surface area contributed by atoms with Crippen LogP contribution in [0.4, 0.5) is 11.4 Å². The Labute approximate surface area is 120 Å². The maximum atomic E-state index is 11.5. The van der Waals surface area contributed by atoms with Crippen LogP contribution in [-0.2, 0) is 6.42 Å². The van der Waals surface area contributed by atoms with Crippen molar-refractivity contribution in [1.82, 2.24) is 0 Å². The van der Waals surface area contributed by atoms with E-state index in [1.54, 1.807) is 13.0 Å². The van der Waals surface area contributed by atoms with Crippen LogP contribution in [0.2, 0.25) is 0 Å². The van der Waals surface area contributed by atoms with Crippen molar-refractivity contribution >= 4 is 17.2 Å². The molecule has 2 aromatic carbocycles. The predicted octanol–water partition coefficient (Wildman–Crippen LogP) is 3.15. The molecule has 0 aliphatic carbocycles. The number of likely N-dealkylation sites (N-methyl/N-ethyl adjacent to an activating group) is 1. The summed E-state index contributed by atoms with van der Waals surface area (Å²) in [6.07, 6.45) is 0.969. The largest absolute Gasteiger partial charge is 0.398 e. The molecule has 0 atom stereocenters. The Kier molecular flexibility index (Phi) is 4.41. The zero-order valence-electron chi connectivity index (χ0n) is 12.0. The molecule has 0 unspecified atom stereocenters. The average molecular weight is 268 g/mol. The Morgan fingerprint density at radius 1 is 1.15 bits per heavy atom. The number of anilines is 2. The van der Waals surface area contributed by atoms with Crippen LogP contribution in [0.3, 0.4) is 0 Å². The summed E-state index contributed by atoms with van der Waals surface area (Å²) in [5.74, 6) is 0.000749. The molecule has 0 heterocycles. The fourth-order valence-corrected chi connectivity index (χ4v) is 2.16. The first-order valence-corrected chi connectivity index (χ1v) is 6.73. The van der Waals surface area contributed by atoms with Crippen LogP contribution >= 0.6 is 0 Å². The summed E-state index contributed by atoms with van der Waals surface area (Å²) >= 11 is 0. The number of carbonyl (C=O) groups is 1. The normalized spacial score (nSPS) is 10.3. The number of nitrogen functional groups attached to an aromatic ring is 1. The molecule has 0 radical (unpaired) electrons. The van der Waals surface area contributed by atoms with Gasteiger partial charge in [0, 0.05) is 30.5 Å². The van der Waals surface area contributed by atoms with Gasteiger partial charge in [0.15, 0.2) is 5.78 Å². The number of hydrogen-bond donors (Lipinski definition) is 1. The molecule has 0 aromatic heterocycles. The molecule has 0 aliphatic rings. The van der Waals surface area contributed by atoms with Crippen molar-refractivity contribution in [2.24, 2.45) is 0 Å². The second-order valence-electron chi connectivity index (χ2n) is 4.98. The monoisotopic (exact) mass is 268 g/mol. The summed E-state index contributed by atoms with van der Waals surface area (Å²) in [5, 5.41) is 0. The minimum Gasteiger partial charge on any atom is -0.398 e. The topological polar surface area (TPSA) is 46.3 Å². The minimum absolute atomic E-state index is 0.000749. The molecule has 20 heavy (non-hydrogen) atoms. The molecule has 2 N–H and O–H groups in total. The quantitative estimate of drug-likeness (QED) is 0.669. The molecule has 0 amide bonds. The fraction of sp³-hybridized carbons (Fsp3) is 0.235. The van der Waals surface area contributed by atoms with Crippen LogP contribution in [0, 0.1) is 0 Å². The number of Topliss-reactive ketones (excluding diaryl/α,β-unsaturated/α-hetero) is 1. The van der Waals surface area contributed by atoms with E-state index in [2.05, 4.69) is 17.0 Å². The zero-order chi connectivity index (χ0) is 14.5. The third kappa shape index (κ3) is 3.38. The Morgan fingerprint density at radius 2 is 1.85 bits per heavy atom. The van der Waals surface area contributed by atoms with Gasteiger partial charge in [-0.3, -0.25) is 4.79 Å². The van der Waals surface area contributed by atoms with Crippen molar-refractivity contribution in [3.8, 4) is 0 Å². The first-order chi connectivity index (χ1) is 9.58. The second kappa shape index (κ2) is 6.24. The highest BCUT2D eigenvalue weighted by Crippen LogP contribution is 2.21. The molecule has 0 spiro atoms. The number of rotatable bonds is 5. The van der Waals surface area contributed by atoms with Gasteiger partial charge in [0.05, 0.1) is 0 Å². The van der Waals surface area contributed by atoms with Crippen molar-refractivity contribution in [3.63, 3.8) is 0 Å². The lowest BCUT2D eigenvalue weighted by Gasteiger charge is -2.20. The summed E-state index contributed by atoms with van der Waals surface area (Å²) < 4.78 is 0. The lowest BCUT2D eigenvalue weighted by molar-refractivity contribution is 0.101. The van der Waals surface area contributed by atoms with E-state index in [-0.39, 0.29) is 5.78 Å². The van der Waals surface area contributed by atoms with Crippen LogP contribution in [0.5, 0.6) is 0 Å². The van der Waals surface area contributed by atoms with Gasteiger partial charge in [0.2, 0.25) is 0 Å². The lowest BCUT2D eigenvalue weighted by atomic mass is 10.1. The summed E-state index contributed by atoms with van der Waals surface area (Å²) in [6, 6.07) is 16.0. The molecule has 0 aliphatic heterocycles. The Hall–Kier alpha value is -2.29. The molecule has 2 rings (SSSR count). The molecule has 0 saturated heterocycles. The van der Waals surface area contributed by atoms with Gasteiger partial charge in [0.1, 0.15) is 0 Å². The lowest BCUT2D eigenvalue weighted by Crippen LogP contribution is -2.20. The molecule has 3 nitrogen and oxygen atoms in total. The summed E-state index contributed by atoms with van der Waals surface area (Å²) in [5.41, 5.74) is 9.27. The molecular weight excluding hydrogens is 248 g/mol. The maximum Gasteiger partial charge on any atom is 0.161 e. The van der Waals surface area contributed by atoms with Crippen molar-refractivity contribution < 1.29 is 4.79 Å². The van der Waals surface area contributed by atoms with Gasteiger partial charge in [-0.15, -0.1) is 0 Å². The molecule has 0 fully saturated rings. The second-order valence-corrected chi connectivity index (χ2v) is 4.98. The van der Waals surface area contributed by atoms with Crippen LogP contribution in [0.15, 0.2) is 48.5 Å².